The third kappa shape index (κ3) is 3.52. The van der Waals surface area contributed by atoms with Crippen molar-refractivity contribution in [2.45, 2.75) is 18.9 Å². The molecule has 0 aromatic heterocycles. The van der Waals surface area contributed by atoms with E-state index in [1.54, 1.807) is 7.11 Å². The molecular weight excluding hydrogens is 379 g/mol. The Hall–Kier alpha value is -0.530. The topological polar surface area (TPSA) is 55.6 Å². The first kappa shape index (κ1) is 16.5. The van der Waals surface area contributed by atoms with Gasteiger partial charge in [-0.05, 0) is 53.6 Å². The van der Waals surface area contributed by atoms with Gasteiger partial charge in [0, 0.05) is 22.7 Å². The maximum absolute atomic E-state index is 12.5. The standard InChI is InChI=1S/C13H17IN2O2.ClH/c1-18-10-4-5-11(12(14)7-10)13(17)16-6-2-3-9(16)8-15;/h4-5,7,9H,2-3,6,8,15H2,1H3;1H. The van der Waals surface area contributed by atoms with E-state index in [0.29, 0.717) is 6.54 Å². The Kier molecular flexibility index (Phi) is 6.35. The monoisotopic (exact) mass is 396 g/mol. The molecule has 6 heteroatoms. The van der Waals surface area contributed by atoms with Crippen LogP contribution in [0.2, 0.25) is 0 Å². The van der Waals surface area contributed by atoms with Gasteiger partial charge in [-0.2, -0.15) is 0 Å². The number of hydrogen-bond acceptors (Lipinski definition) is 3. The number of halogens is 2. The summed E-state index contributed by atoms with van der Waals surface area (Å²) in [5, 5.41) is 0. The molecule has 0 spiro atoms. The highest BCUT2D eigenvalue weighted by Gasteiger charge is 2.29. The van der Waals surface area contributed by atoms with Gasteiger partial charge in [-0.3, -0.25) is 4.79 Å². The van der Waals surface area contributed by atoms with Crippen molar-refractivity contribution < 1.29 is 9.53 Å². The summed E-state index contributed by atoms with van der Waals surface area (Å²) >= 11 is 2.17. The zero-order valence-electron chi connectivity index (χ0n) is 10.8. The first-order chi connectivity index (χ1) is 8.67. The number of amides is 1. The molecule has 0 bridgehead atoms. The predicted octanol–water partition coefficient (Wildman–Crippen LogP) is 2.28. The summed E-state index contributed by atoms with van der Waals surface area (Å²) in [5.74, 6) is 0.850. The molecule has 1 saturated heterocycles. The van der Waals surface area contributed by atoms with E-state index in [-0.39, 0.29) is 24.4 Å². The van der Waals surface area contributed by atoms with Gasteiger partial charge in [-0.15, -0.1) is 12.4 Å². The minimum absolute atomic E-state index is 0. The Morgan fingerprint density at radius 2 is 2.32 bits per heavy atom. The van der Waals surface area contributed by atoms with Crippen LogP contribution in [0.4, 0.5) is 0 Å². The Labute approximate surface area is 133 Å². The van der Waals surface area contributed by atoms with E-state index in [1.165, 1.54) is 0 Å². The van der Waals surface area contributed by atoms with E-state index in [2.05, 4.69) is 22.6 Å². The van der Waals surface area contributed by atoms with E-state index in [4.69, 9.17) is 10.5 Å². The molecule has 1 aliphatic heterocycles. The molecule has 1 aliphatic rings. The van der Waals surface area contributed by atoms with Crippen LogP contribution in [0.15, 0.2) is 18.2 Å². The third-order valence-electron chi connectivity index (χ3n) is 3.32. The van der Waals surface area contributed by atoms with Gasteiger partial charge in [0.1, 0.15) is 5.75 Å². The number of rotatable bonds is 3. The third-order valence-corrected chi connectivity index (χ3v) is 4.21. The number of carbonyl (C=O) groups is 1. The summed E-state index contributed by atoms with van der Waals surface area (Å²) in [4.78, 5) is 14.4. The lowest BCUT2D eigenvalue weighted by Gasteiger charge is -2.24. The number of ether oxygens (including phenoxy) is 1. The fourth-order valence-corrected chi connectivity index (χ4v) is 3.02. The van der Waals surface area contributed by atoms with Gasteiger partial charge in [0.05, 0.1) is 12.7 Å². The number of benzene rings is 1. The average Bonchev–Trinajstić information content (AvgIpc) is 2.86. The lowest BCUT2D eigenvalue weighted by molar-refractivity contribution is 0.0740. The molecule has 0 radical (unpaired) electrons. The summed E-state index contributed by atoms with van der Waals surface area (Å²) < 4.78 is 6.06. The van der Waals surface area contributed by atoms with Crippen molar-refractivity contribution in [3.05, 3.63) is 27.3 Å². The maximum Gasteiger partial charge on any atom is 0.255 e. The fraction of sp³-hybridized carbons (Fsp3) is 0.462. The van der Waals surface area contributed by atoms with E-state index in [1.807, 2.05) is 23.1 Å². The minimum atomic E-state index is 0. The van der Waals surface area contributed by atoms with E-state index >= 15 is 0 Å². The van der Waals surface area contributed by atoms with Crippen LogP contribution in [-0.4, -0.2) is 37.0 Å². The number of carbonyl (C=O) groups excluding carboxylic acids is 1. The molecule has 1 amide bonds. The lowest BCUT2D eigenvalue weighted by Crippen LogP contribution is -2.40. The Bertz CT molecular complexity index is 456. The number of likely N-dealkylation sites (tertiary alicyclic amines) is 1. The molecule has 1 unspecified atom stereocenters. The van der Waals surface area contributed by atoms with Crippen LogP contribution in [0.5, 0.6) is 5.75 Å². The van der Waals surface area contributed by atoms with Crippen LogP contribution < -0.4 is 10.5 Å². The summed E-state index contributed by atoms with van der Waals surface area (Å²) in [6.45, 7) is 1.35. The van der Waals surface area contributed by atoms with Crippen LogP contribution >= 0.6 is 35.0 Å². The van der Waals surface area contributed by atoms with E-state index < -0.39 is 0 Å². The van der Waals surface area contributed by atoms with Crippen LogP contribution in [0.3, 0.4) is 0 Å². The summed E-state index contributed by atoms with van der Waals surface area (Å²) in [6, 6.07) is 5.72. The Morgan fingerprint density at radius 1 is 1.58 bits per heavy atom. The lowest BCUT2D eigenvalue weighted by atomic mass is 10.1. The number of nitrogens with two attached hydrogens (primary N) is 1. The molecule has 0 aliphatic carbocycles. The number of nitrogens with zero attached hydrogens (tertiary/aromatic N) is 1. The van der Waals surface area contributed by atoms with Crippen LogP contribution in [0.1, 0.15) is 23.2 Å². The van der Waals surface area contributed by atoms with E-state index in [9.17, 15) is 4.79 Å². The number of methoxy groups -OCH3 is 1. The summed E-state index contributed by atoms with van der Waals surface area (Å²) in [7, 11) is 1.62. The molecule has 19 heavy (non-hydrogen) atoms. The molecule has 4 nitrogen and oxygen atoms in total. The number of hydrogen-bond donors (Lipinski definition) is 1. The largest absolute Gasteiger partial charge is 0.497 e. The normalized spacial score (nSPS) is 18.1. The molecule has 0 saturated carbocycles. The summed E-state index contributed by atoms with van der Waals surface area (Å²) in [5.41, 5.74) is 6.44. The fourth-order valence-electron chi connectivity index (χ4n) is 2.30. The molecular formula is C13H18ClIN2O2. The molecule has 1 aromatic rings. The van der Waals surface area contributed by atoms with Crippen molar-refractivity contribution in [2.24, 2.45) is 5.73 Å². The quantitative estimate of drug-likeness (QED) is 0.798. The second-order valence-electron chi connectivity index (χ2n) is 4.38. The maximum atomic E-state index is 12.5. The molecule has 1 fully saturated rings. The smallest absolute Gasteiger partial charge is 0.255 e. The van der Waals surface area contributed by atoms with Crippen molar-refractivity contribution in [3.63, 3.8) is 0 Å². The van der Waals surface area contributed by atoms with Crippen molar-refractivity contribution in [2.75, 3.05) is 20.2 Å². The SMILES string of the molecule is COc1ccc(C(=O)N2CCCC2CN)c(I)c1.Cl. The molecule has 2 rings (SSSR count). The van der Waals surface area contributed by atoms with Crippen LogP contribution in [0, 0.1) is 3.57 Å². The van der Waals surface area contributed by atoms with Crippen molar-refractivity contribution >= 4 is 40.9 Å². The van der Waals surface area contributed by atoms with Gasteiger partial charge < -0.3 is 15.4 Å². The van der Waals surface area contributed by atoms with Crippen molar-refractivity contribution in [1.29, 1.82) is 0 Å². The summed E-state index contributed by atoms with van der Waals surface area (Å²) in [6.07, 6.45) is 2.05. The highest BCUT2D eigenvalue weighted by atomic mass is 127. The minimum Gasteiger partial charge on any atom is -0.497 e. The van der Waals surface area contributed by atoms with Gasteiger partial charge >= 0.3 is 0 Å². The first-order valence-corrected chi connectivity index (χ1v) is 7.10. The Morgan fingerprint density at radius 3 is 2.89 bits per heavy atom. The van der Waals surface area contributed by atoms with Gasteiger partial charge in [0.2, 0.25) is 0 Å². The van der Waals surface area contributed by atoms with Crippen molar-refractivity contribution in [3.8, 4) is 5.75 Å². The molecule has 1 heterocycles. The zero-order valence-corrected chi connectivity index (χ0v) is 13.7. The molecule has 1 atom stereocenters. The van der Waals surface area contributed by atoms with Crippen LogP contribution in [0.25, 0.3) is 0 Å². The van der Waals surface area contributed by atoms with E-state index in [0.717, 1.165) is 34.3 Å². The highest BCUT2D eigenvalue weighted by molar-refractivity contribution is 14.1. The van der Waals surface area contributed by atoms with Crippen molar-refractivity contribution in [1.82, 2.24) is 4.90 Å². The van der Waals surface area contributed by atoms with Gasteiger partial charge in [-0.25, -0.2) is 0 Å². The van der Waals surface area contributed by atoms with Gasteiger partial charge in [-0.1, -0.05) is 0 Å². The predicted molar refractivity (Wildman–Crippen MR) is 86.1 cm³/mol. The second kappa shape index (κ2) is 7.31. The zero-order chi connectivity index (χ0) is 13.1. The van der Waals surface area contributed by atoms with Gasteiger partial charge in [0.15, 0.2) is 0 Å². The molecule has 106 valence electrons. The van der Waals surface area contributed by atoms with Crippen LogP contribution in [-0.2, 0) is 0 Å². The molecule has 2 N–H and O–H groups in total. The highest BCUT2D eigenvalue weighted by Crippen LogP contribution is 2.24. The first-order valence-electron chi connectivity index (χ1n) is 6.02. The Balaban J connectivity index is 0.00000180. The molecule has 1 aromatic carbocycles. The second-order valence-corrected chi connectivity index (χ2v) is 5.54. The average molecular weight is 397 g/mol. The van der Waals surface area contributed by atoms with Gasteiger partial charge in [0.25, 0.3) is 5.91 Å².